The summed E-state index contributed by atoms with van der Waals surface area (Å²) in [7, 11) is 2.11. The van der Waals surface area contributed by atoms with Gasteiger partial charge in [0, 0.05) is 18.6 Å². The van der Waals surface area contributed by atoms with E-state index in [0.717, 1.165) is 19.5 Å². The van der Waals surface area contributed by atoms with Gasteiger partial charge < -0.3 is 9.80 Å². The summed E-state index contributed by atoms with van der Waals surface area (Å²) >= 11 is 5.63. The molecule has 0 bridgehead atoms. The van der Waals surface area contributed by atoms with Gasteiger partial charge >= 0.3 is 0 Å². The number of likely N-dealkylation sites (N-methyl/N-ethyl adjacent to an activating group) is 1. The molecule has 0 radical (unpaired) electrons. The number of hydrogen-bond donors (Lipinski definition) is 0. The monoisotopic (exact) mass is 216 g/mol. The van der Waals surface area contributed by atoms with Gasteiger partial charge in [-0.05, 0) is 32.9 Å². The van der Waals surface area contributed by atoms with Crippen molar-refractivity contribution in [2.45, 2.75) is 31.3 Å². The molecule has 1 amide bonds. The van der Waals surface area contributed by atoms with Gasteiger partial charge in [0.05, 0.1) is 0 Å². The van der Waals surface area contributed by atoms with Crippen molar-refractivity contribution in [1.29, 1.82) is 0 Å². The highest BCUT2D eigenvalue weighted by molar-refractivity contribution is 6.27. The van der Waals surface area contributed by atoms with Crippen LogP contribution in [0.25, 0.3) is 0 Å². The highest BCUT2D eigenvalue weighted by Crippen LogP contribution is 2.31. The summed E-state index contributed by atoms with van der Waals surface area (Å²) in [5.41, 5.74) is 0. The highest BCUT2D eigenvalue weighted by Gasteiger charge is 2.38. The summed E-state index contributed by atoms with van der Waals surface area (Å²) in [5.74, 6) is 0.256. The molecule has 1 aliphatic heterocycles. The zero-order valence-corrected chi connectivity index (χ0v) is 9.33. The Balaban J connectivity index is 1.99. The molecule has 4 heteroatoms. The van der Waals surface area contributed by atoms with Crippen molar-refractivity contribution in [2.24, 2.45) is 0 Å². The Bertz CT molecular complexity index is 230. The largest absolute Gasteiger partial charge is 0.334 e. The van der Waals surface area contributed by atoms with Gasteiger partial charge in [-0.1, -0.05) is 0 Å². The fourth-order valence-corrected chi connectivity index (χ4v) is 2.40. The zero-order valence-electron chi connectivity index (χ0n) is 8.58. The lowest BCUT2D eigenvalue weighted by Crippen LogP contribution is -2.43. The number of amides is 1. The first-order valence-electron chi connectivity index (χ1n) is 5.28. The lowest BCUT2D eigenvalue weighted by Gasteiger charge is -2.28. The molecule has 1 aliphatic carbocycles. The van der Waals surface area contributed by atoms with E-state index in [1.165, 1.54) is 12.8 Å². The molecule has 0 aromatic heterocycles. The molecule has 3 nitrogen and oxygen atoms in total. The normalized spacial score (nSPS) is 28.0. The summed E-state index contributed by atoms with van der Waals surface area (Å²) in [6, 6.07) is 0.913. The molecule has 0 spiro atoms. The molecule has 1 saturated heterocycles. The molecule has 2 rings (SSSR count). The Labute approximate surface area is 90.0 Å². The van der Waals surface area contributed by atoms with Crippen molar-refractivity contribution in [3.63, 3.8) is 0 Å². The van der Waals surface area contributed by atoms with Crippen LogP contribution in [0.4, 0.5) is 0 Å². The van der Waals surface area contributed by atoms with Gasteiger partial charge in [0.15, 0.2) is 0 Å². The van der Waals surface area contributed by atoms with Crippen LogP contribution in [-0.4, -0.2) is 53.8 Å². The standard InChI is InChI=1S/C10H17ClN2O/c1-12-5-4-9(7-12)13(8-2-3-8)10(14)6-11/h8-9H,2-7H2,1H3. The molecule has 2 aliphatic rings. The smallest absolute Gasteiger partial charge is 0.238 e. The quantitative estimate of drug-likeness (QED) is 0.656. The van der Waals surface area contributed by atoms with E-state index in [9.17, 15) is 4.79 Å². The Morgan fingerprint density at radius 3 is 2.57 bits per heavy atom. The number of halogens is 1. The summed E-state index contributed by atoms with van der Waals surface area (Å²) in [4.78, 5) is 16.0. The molecule has 0 aromatic carbocycles. The topological polar surface area (TPSA) is 23.6 Å². The van der Waals surface area contributed by atoms with Gasteiger partial charge in [-0.25, -0.2) is 0 Å². The highest BCUT2D eigenvalue weighted by atomic mass is 35.5. The van der Waals surface area contributed by atoms with Gasteiger partial charge in [0.1, 0.15) is 5.88 Å². The van der Waals surface area contributed by atoms with Crippen molar-refractivity contribution in [2.75, 3.05) is 26.0 Å². The maximum absolute atomic E-state index is 11.7. The SMILES string of the molecule is CN1CCC(N(C(=O)CCl)C2CC2)C1. The van der Waals surface area contributed by atoms with Crippen LogP contribution < -0.4 is 0 Å². The summed E-state index contributed by atoms with van der Waals surface area (Å²) in [6.45, 7) is 2.11. The Kier molecular flexibility index (Phi) is 2.98. The molecular weight excluding hydrogens is 200 g/mol. The number of likely N-dealkylation sites (tertiary alicyclic amines) is 1. The minimum absolute atomic E-state index is 0.120. The number of rotatable bonds is 3. The maximum atomic E-state index is 11.7. The van der Waals surface area contributed by atoms with Gasteiger partial charge in [-0.15, -0.1) is 11.6 Å². The first kappa shape index (κ1) is 10.2. The molecule has 1 atom stereocenters. The summed E-state index contributed by atoms with van der Waals surface area (Å²) < 4.78 is 0. The third-order valence-electron chi connectivity index (χ3n) is 3.10. The van der Waals surface area contributed by atoms with E-state index >= 15 is 0 Å². The van der Waals surface area contributed by atoms with Gasteiger partial charge in [-0.2, -0.15) is 0 Å². The molecular formula is C10H17ClN2O. The second kappa shape index (κ2) is 4.07. The van der Waals surface area contributed by atoms with Crippen LogP contribution in [0.3, 0.4) is 0 Å². The fraction of sp³-hybridized carbons (Fsp3) is 0.900. The van der Waals surface area contributed by atoms with E-state index < -0.39 is 0 Å². The third kappa shape index (κ3) is 2.04. The average molecular weight is 217 g/mol. The van der Waals surface area contributed by atoms with E-state index in [2.05, 4.69) is 11.9 Å². The van der Waals surface area contributed by atoms with Crippen molar-refractivity contribution in [3.05, 3.63) is 0 Å². The number of carbonyl (C=O) groups excluding carboxylic acids is 1. The van der Waals surface area contributed by atoms with Crippen molar-refractivity contribution in [1.82, 2.24) is 9.80 Å². The van der Waals surface area contributed by atoms with Gasteiger partial charge in [0.25, 0.3) is 0 Å². The lowest BCUT2D eigenvalue weighted by molar-refractivity contribution is -0.131. The van der Waals surface area contributed by atoms with Gasteiger partial charge in [-0.3, -0.25) is 4.79 Å². The average Bonchev–Trinajstić information content (AvgIpc) is 2.90. The number of hydrogen-bond acceptors (Lipinski definition) is 2. The molecule has 1 saturated carbocycles. The minimum atomic E-state index is 0.120. The predicted molar refractivity (Wildman–Crippen MR) is 56.5 cm³/mol. The number of carbonyl (C=O) groups is 1. The predicted octanol–water partition coefficient (Wildman–Crippen LogP) is 0.920. The van der Waals surface area contributed by atoms with Crippen LogP contribution >= 0.6 is 11.6 Å². The van der Waals surface area contributed by atoms with Crippen LogP contribution in [0, 0.1) is 0 Å². The van der Waals surface area contributed by atoms with Crippen LogP contribution in [0.5, 0.6) is 0 Å². The summed E-state index contributed by atoms with van der Waals surface area (Å²) in [6.07, 6.45) is 3.45. The molecule has 14 heavy (non-hydrogen) atoms. The first-order chi connectivity index (χ1) is 6.72. The van der Waals surface area contributed by atoms with Gasteiger partial charge in [0.2, 0.25) is 5.91 Å². The van der Waals surface area contributed by atoms with Crippen molar-refractivity contribution < 1.29 is 4.79 Å². The van der Waals surface area contributed by atoms with Crippen molar-refractivity contribution in [3.8, 4) is 0 Å². The molecule has 0 aromatic rings. The molecule has 0 N–H and O–H groups in total. The van der Waals surface area contributed by atoms with E-state index in [0.29, 0.717) is 12.1 Å². The number of nitrogens with zero attached hydrogens (tertiary/aromatic N) is 2. The molecule has 1 unspecified atom stereocenters. The Hall–Kier alpha value is -0.280. The van der Waals surface area contributed by atoms with Crippen LogP contribution in [0.1, 0.15) is 19.3 Å². The first-order valence-corrected chi connectivity index (χ1v) is 5.81. The van der Waals surface area contributed by atoms with Crippen LogP contribution in [0.2, 0.25) is 0 Å². The maximum Gasteiger partial charge on any atom is 0.238 e. The zero-order chi connectivity index (χ0) is 10.1. The van der Waals surface area contributed by atoms with E-state index in [-0.39, 0.29) is 11.8 Å². The minimum Gasteiger partial charge on any atom is -0.334 e. The Morgan fingerprint density at radius 1 is 1.43 bits per heavy atom. The molecule has 2 fully saturated rings. The van der Waals surface area contributed by atoms with Crippen molar-refractivity contribution >= 4 is 17.5 Å². The second-order valence-electron chi connectivity index (χ2n) is 4.37. The van der Waals surface area contributed by atoms with Crippen LogP contribution in [0.15, 0.2) is 0 Å². The van der Waals surface area contributed by atoms with E-state index in [4.69, 9.17) is 11.6 Å². The second-order valence-corrected chi connectivity index (χ2v) is 4.64. The van der Waals surface area contributed by atoms with Crippen LogP contribution in [-0.2, 0) is 4.79 Å². The van der Waals surface area contributed by atoms with E-state index in [1.807, 2.05) is 4.90 Å². The Morgan fingerprint density at radius 2 is 2.14 bits per heavy atom. The summed E-state index contributed by atoms with van der Waals surface area (Å²) in [5, 5.41) is 0. The third-order valence-corrected chi connectivity index (χ3v) is 3.33. The number of alkyl halides is 1. The molecule has 1 heterocycles. The molecule has 80 valence electrons. The lowest BCUT2D eigenvalue weighted by atomic mass is 10.2. The fourth-order valence-electron chi connectivity index (χ4n) is 2.27. The van der Waals surface area contributed by atoms with E-state index in [1.54, 1.807) is 0 Å².